The van der Waals surface area contributed by atoms with Crippen LogP contribution in [0, 0.1) is 12.4 Å². The lowest BCUT2D eigenvalue weighted by molar-refractivity contribution is -0.129. The van der Waals surface area contributed by atoms with E-state index >= 15 is 4.39 Å². The summed E-state index contributed by atoms with van der Waals surface area (Å²) in [6.07, 6.45) is 4.34. The molecule has 0 unspecified atom stereocenters. The summed E-state index contributed by atoms with van der Waals surface area (Å²) in [6.45, 7) is 13.3. The number of anilines is 1. The lowest BCUT2D eigenvalue weighted by atomic mass is 9.96. The molecule has 0 spiro atoms. The van der Waals surface area contributed by atoms with Gasteiger partial charge in [-0.05, 0) is 55.0 Å². The van der Waals surface area contributed by atoms with E-state index in [0.29, 0.717) is 42.1 Å². The van der Waals surface area contributed by atoms with Gasteiger partial charge in [0.25, 0.3) is 0 Å². The molecule has 11 heteroatoms. The molecule has 0 radical (unpaired) electrons. The number of halogens is 3. The van der Waals surface area contributed by atoms with E-state index in [9.17, 15) is 4.79 Å². The number of hydrogen-bond acceptors (Lipinski definition) is 5. The van der Waals surface area contributed by atoms with Crippen LogP contribution in [0.3, 0.4) is 0 Å². The van der Waals surface area contributed by atoms with Crippen LogP contribution in [0.1, 0.15) is 18.9 Å². The number of imidazole rings is 1. The highest BCUT2D eigenvalue weighted by molar-refractivity contribution is 9.10. The molecule has 2 aromatic heterocycles. The van der Waals surface area contributed by atoms with Crippen LogP contribution < -0.4 is 4.90 Å². The first-order valence-electron chi connectivity index (χ1n) is 11.8. The molecule has 0 aliphatic carbocycles. The average Bonchev–Trinajstić information content (AvgIpc) is 3.27. The number of amides is 1. The monoisotopic (exact) mass is 573 g/mol. The third-order valence-electron chi connectivity index (χ3n) is 7.35. The molecule has 4 heterocycles. The molecule has 0 N–H and O–H groups in total. The topological polar surface area (TPSA) is 61.9 Å². The van der Waals surface area contributed by atoms with Gasteiger partial charge in [-0.2, -0.15) is 0 Å². The molecule has 188 valence electrons. The number of pyridine rings is 1. The van der Waals surface area contributed by atoms with Gasteiger partial charge in [-0.1, -0.05) is 18.2 Å². The highest BCUT2D eigenvalue weighted by Gasteiger charge is 2.36. The first-order valence-corrected chi connectivity index (χ1v) is 12.9. The molecule has 0 bridgehead atoms. The second-order valence-electron chi connectivity index (χ2n) is 9.60. The molecule has 0 saturated carbocycles. The van der Waals surface area contributed by atoms with Gasteiger partial charge >= 0.3 is 0 Å². The number of nitrogens with zero attached hydrogens (tertiary/aromatic N) is 7. The van der Waals surface area contributed by atoms with Crippen molar-refractivity contribution in [3.05, 3.63) is 51.8 Å². The average molecular weight is 575 g/mol. The SMILES string of the molecule is [C-]#[N+]C[C@@H]1C[C@@H](n2cnc3c(N4CC(N(C)C)C4)nc4c(F)c(Br)c(Cl)cc4c32)CCN1C(=O)C=C. The number of hydrogen-bond donors (Lipinski definition) is 0. The smallest absolute Gasteiger partial charge is 0.246 e. The number of aromatic nitrogens is 3. The third-order valence-corrected chi connectivity index (χ3v) is 8.65. The summed E-state index contributed by atoms with van der Waals surface area (Å²) in [5.74, 6) is -0.0173. The van der Waals surface area contributed by atoms with Crippen molar-refractivity contribution in [2.45, 2.75) is 31.0 Å². The molecule has 2 aliphatic heterocycles. The number of carbonyl (C=O) groups is 1. The summed E-state index contributed by atoms with van der Waals surface area (Å²) in [5, 5.41) is 0.852. The van der Waals surface area contributed by atoms with Gasteiger partial charge in [0, 0.05) is 37.1 Å². The lowest BCUT2D eigenvalue weighted by Gasteiger charge is -2.43. The Kier molecular flexibility index (Phi) is 6.66. The predicted octanol–water partition coefficient (Wildman–Crippen LogP) is 4.53. The van der Waals surface area contributed by atoms with Gasteiger partial charge < -0.3 is 24.1 Å². The van der Waals surface area contributed by atoms with Gasteiger partial charge in [0.15, 0.2) is 11.6 Å². The fraction of sp³-hybridized carbons (Fsp3) is 0.440. The largest absolute Gasteiger partial charge is 0.351 e. The molecular formula is C25H26BrClFN7O. The zero-order valence-corrected chi connectivity index (χ0v) is 22.4. The third kappa shape index (κ3) is 4.03. The van der Waals surface area contributed by atoms with Crippen molar-refractivity contribution in [2.75, 3.05) is 45.2 Å². The maximum atomic E-state index is 15.4. The van der Waals surface area contributed by atoms with Gasteiger partial charge in [0.2, 0.25) is 12.5 Å². The summed E-state index contributed by atoms with van der Waals surface area (Å²) in [4.78, 5) is 31.4. The van der Waals surface area contributed by atoms with E-state index in [0.717, 1.165) is 18.6 Å². The quantitative estimate of drug-likeness (QED) is 0.255. The van der Waals surface area contributed by atoms with Crippen molar-refractivity contribution in [1.82, 2.24) is 24.3 Å². The molecule has 1 aromatic carbocycles. The van der Waals surface area contributed by atoms with Crippen molar-refractivity contribution in [3.8, 4) is 0 Å². The highest BCUT2D eigenvalue weighted by atomic mass is 79.9. The molecule has 8 nitrogen and oxygen atoms in total. The molecule has 3 aromatic rings. The molecule has 1 amide bonds. The molecule has 36 heavy (non-hydrogen) atoms. The Bertz CT molecular complexity index is 1410. The fourth-order valence-electron chi connectivity index (χ4n) is 5.25. The first-order chi connectivity index (χ1) is 17.2. The van der Waals surface area contributed by atoms with Crippen LogP contribution in [0.4, 0.5) is 10.2 Å². The second-order valence-corrected chi connectivity index (χ2v) is 10.8. The van der Waals surface area contributed by atoms with Gasteiger partial charge in [-0.25, -0.2) is 20.9 Å². The Morgan fingerprint density at radius 3 is 2.83 bits per heavy atom. The number of likely N-dealkylation sites (N-methyl/N-ethyl adjacent to an activating group) is 1. The minimum absolute atomic E-state index is 0.0227. The Morgan fingerprint density at radius 2 is 2.17 bits per heavy atom. The van der Waals surface area contributed by atoms with E-state index in [1.165, 1.54) is 6.08 Å². The number of carbonyl (C=O) groups excluding carboxylic acids is 1. The predicted molar refractivity (Wildman–Crippen MR) is 143 cm³/mol. The van der Waals surface area contributed by atoms with Crippen molar-refractivity contribution >= 4 is 61.2 Å². The zero-order valence-electron chi connectivity index (χ0n) is 20.1. The Balaban J connectivity index is 1.64. The summed E-state index contributed by atoms with van der Waals surface area (Å²) in [5.41, 5.74) is 1.70. The highest BCUT2D eigenvalue weighted by Crippen LogP contribution is 2.41. The lowest BCUT2D eigenvalue weighted by Crippen LogP contribution is -2.57. The maximum absolute atomic E-state index is 15.4. The number of piperidine rings is 1. The van der Waals surface area contributed by atoms with E-state index in [-0.39, 0.29) is 39.5 Å². The Hall–Kier alpha value is -2.74. The van der Waals surface area contributed by atoms with Crippen LogP contribution in [-0.4, -0.2) is 82.6 Å². The van der Waals surface area contributed by atoms with Crippen LogP contribution in [-0.2, 0) is 4.79 Å². The van der Waals surface area contributed by atoms with Crippen molar-refractivity contribution in [2.24, 2.45) is 0 Å². The van der Waals surface area contributed by atoms with Crippen molar-refractivity contribution in [3.63, 3.8) is 0 Å². The number of likely N-dealkylation sites (tertiary alicyclic amines) is 1. The maximum Gasteiger partial charge on any atom is 0.246 e. The minimum Gasteiger partial charge on any atom is -0.351 e. The molecule has 2 atom stereocenters. The normalized spacial score (nSPS) is 20.7. The molecule has 2 fully saturated rings. The van der Waals surface area contributed by atoms with E-state index < -0.39 is 5.82 Å². The van der Waals surface area contributed by atoms with Crippen molar-refractivity contribution in [1.29, 1.82) is 0 Å². The van der Waals surface area contributed by atoms with Crippen LogP contribution in [0.5, 0.6) is 0 Å². The van der Waals surface area contributed by atoms with Crippen LogP contribution in [0.2, 0.25) is 5.02 Å². The number of rotatable bonds is 5. The molecule has 2 aliphatic rings. The standard InChI is InChI=1S/C25H26BrClFN7O/c1-5-19(36)34-7-6-14(8-15(34)10-29-2)35-13-30-23-24(35)17-9-18(27)20(26)21(28)22(17)31-25(23)33-11-16(12-33)32(3)4/h5,9,13-16H,1,6-8,10-12H2,3-4H3/t14-,15-/m0/s1. The number of fused-ring (bicyclic) bond motifs is 3. The summed E-state index contributed by atoms with van der Waals surface area (Å²) in [6, 6.07) is 1.86. The van der Waals surface area contributed by atoms with E-state index in [4.69, 9.17) is 28.1 Å². The fourth-order valence-corrected chi connectivity index (χ4v) is 5.74. The van der Waals surface area contributed by atoms with Crippen LogP contribution in [0.25, 0.3) is 26.8 Å². The van der Waals surface area contributed by atoms with Crippen LogP contribution >= 0.6 is 27.5 Å². The second kappa shape index (κ2) is 9.61. The van der Waals surface area contributed by atoms with Gasteiger partial charge in [-0.15, -0.1) is 0 Å². The van der Waals surface area contributed by atoms with E-state index in [1.807, 2.05) is 14.1 Å². The van der Waals surface area contributed by atoms with Gasteiger partial charge in [-0.3, -0.25) is 4.79 Å². The summed E-state index contributed by atoms with van der Waals surface area (Å²) >= 11 is 9.64. The van der Waals surface area contributed by atoms with Crippen LogP contribution in [0.15, 0.2) is 29.5 Å². The van der Waals surface area contributed by atoms with E-state index in [1.54, 1.807) is 17.3 Å². The van der Waals surface area contributed by atoms with Gasteiger partial charge in [0.05, 0.1) is 21.3 Å². The summed E-state index contributed by atoms with van der Waals surface area (Å²) < 4.78 is 17.7. The first kappa shape index (κ1) is 24.9. The Labute approximate surface area is 222 Å². The van der Waals surface area contributed by atoms with Crippen molar-refractivity contribution < 1.29 is 9.18 Å². The number of benzene rings is 1. The van der Waals surface area contributed by atoms with Gasteiger partial charge in [0.1, 0.15) is 17.1 Å². The molecular weight excluding hydrogens is 549 g/mol. The Morgan fingerprint density at radius 1 is 1.42 bits per heavy atom. The summed E-state index contributed by atoms with van der Waals surface area (Å²) in [7, 11) is 4.09. The van der Waals surface area contributed by atoms with E-state index in [2.05, 4.69) is 41.7 Å². The minimum atomic E-state index is -0.504. The molecule has 5 rings (SSSR count). The zero-order chi connectivity index (χ0) is 25.7. The molecule has 2 saturated heterocycles.